The highest BCUT2D eigenvalue weighted by Crippen LogP contribution is 2.10. The fraction of sp³-hybridized carbons (Fsp3) is 0.385. The Bertz CT molecular complexity index is 400. The van der Waals surface area contributed by atoms with Crippen LogP contribution in [0, 0.1) is 0 Å². The van der Waals surface area contributed by atoms with E-state index in [4.69, 9.17) is 9.47 Å². The molecule has 1 amide bonds. The Morgan fingerprint density at radius 1 is 1.22 bits per heavy atom. The molecule has 5 nitrogen and oxygen atoms in total. The Morgan fingerprint density at radius 2 is 1.89 bits per heavy atom. The molecule has 98 valence electrons. The average molecular weight is 251 g/mol. The Kier molecular flexibility index (Phi) is 5.87. The highest BCUT2D eigenvalue weighted by molar-refractivity contribution is 5.93. The van der Waals surface area contributed by atoms with Crippen LogP contribution in [0.5, 0.6) is 0 Å². The molecule has 0 aliphatic carbocycles. The third kappa shape index (κ3) is 4.55. The van der Waals surface area contributed by atoms with Crippen LogP contribution in [0.1, 0.15) is 23.7 Å². The first-order valence-electron chi connectivity index (χ1n) is 5.73. The van der Waals surface area contributed by atoms with Crippen molar-refractivity contribution in [2.45, 2.75) is 13.3 Å². The van der Waals surface area contributed by atoms with E-state index in [1.165, 1.54) is 0 Å². The molecule has 0 unspecified atom stereocenters. The molecule has 1 aromatic rings. The summed E-state index contributed by atoms with van der Waals surface area (Å²) in [4.78, 5) is 22.8. The summed E-state index contributed by atoms with van der Waals surface area (Å²) in [7, 11) is 1.54. The molecule has 0 heterocycles. The number of nitrogens with one attached hydrogen (secondary N) is 1. The van der Waals surface area contributed by atoms with Gasteiger partial charge in [-0.15, -0.1) is 0 Å². The second-order valence-electron chi connectivity index (χ2n) is 3.59. The summed E-state index contributed by atoms with van der Waals surface area (Å²) >= 11 is 0. The van der Waals surface area contributed by atoms with Crippen LogP contribution in [0.15, 0.2) is 24.3 Å². The molecule has 18 heavy (non-hydrogen) atoms. The first kappa shape index (κ1) is 14.2. The average Bonchev–Trinajstić information content (AvgIpc) is 2.37. The Labute approximate surface area is 106 Å². The van der Waals surface area contributed by atoms with Crippen molar-refractivity contribution >= 4 is 17.6 Å². The van der Waals surface area contributed by atoms with E-state index in [2.05, 4.69) is 5.32 Å². The number of hydrogen-bond acceptors (Lipinski definition) is 4. The molecular formula is C13H17NO4. The molecular weight excluding hydrogens is 234 g/mol. The quantitative estimate of drug-likeness (QED) is 0.783. The smallest absolute Gasteiger partial charge is 0.338 e. The summed E-state index contributed by atoms with van der Waals surface area (Å²) in [5.41, 5.74) is 1.11. The molecule has 0 bridgehead atoms. The lowest BCUT2D eigenvalue weighted by Gasteiger charge is -2.06. The third-order valence-electron chi connectivity index (χ3n) is 2.21. The zero-order valence-corrected chi connectivity index (χ0v) is 10.6. The summed E-state index contributed by atoms with van der Waals surface area (Å²) < 4.78 is 9.66. The molecule has 1 N–H and O–H groups in total. The highest BCUT2D eigenvalue weighted by atomic mass is 16.5. The summed E-state index contributed by atoms with van der Waals surface area (Å²) in [5.74, 6) is -0.490. The highest BCUT2D eigenvalue weighted by Gasteiger charge is 2.06. The van der Waals surface area contributed by atoms with Crippen molar-refractivity contribution < 1.29 is 19.1 Å². The van der Waals surface area contributed by atoms with Crippen molar-refractivity contribution in [2.24, 2.45) is 0 Å². The molecule has 0 saturated heterocycles. The van der Waals surface area contributed by atoms with Crippen LogP contribution in [0.25, 0.3) is 0 Å². The largest absolute Gasteiger partial charge is 0.462 e. The summed E-state index contributed by atoms with van der Waals surface area (Å²) in [5, 5.41) is 2.70. The van der Waals surface area contributed by atoms with Crippen LogP contribution in [0.3, 0.4) is 0 Å². The van der Waals surface area contributed by atoms with Crippen molar-refractivity contribution in [2.75, 3.05) is 25.6 Å². The SMILES string of the molecule is CCOC(=O)c1ccc(NC(=O)CCOC)cc1. The number of anilines is 1. The first-order valence-corrected chi connectivity index (χ1v) is 5.73. The van der Waals surface area contributed by atoms with Crippen LogP contribution >= 0.6 is 0 Å². The Hall–Kier alpha value is -1.88. The Morgan fingerprint density at radius 3 is 2.44 bits per heavy atom. The number of ether oxygens (including phenoxy) is 2. The third-order valence-corrected chi connectivity index (χ3v) is 2.21. The maximum Gasteiger partial charge on any atom is 0.338 e. The zero-order chi connectivity index (χ0) is 13.4. The van der Waals surface area contributed by atoms with Crippen LogP contribution in [-0.4, -0.2) is 32.2 Å². The van der Waals surface area contributed by atoms with Crippen molar-refractivity contribution in [1.82, 2.24) is 0 Å². The molecule has 0 spiro atoms. The molecule has 1 aromatic carbocycles. The van der Waals surface area contributed by atoms with Crippen LogP contribution in [0.2, 0.25) is 0 Å². The van der Waals surface area contributed by atoms with Gasteiger partial charge in [0.2, 0.25) is 5.91 Å². The fourth-order valence-corrected chi connectivity index (χ4v) is 1.32. The molecule has 0 atom stereocenters. The summed E-state index contributed by atoms with van der Waals surface area (Å²) in [6.45, 7) is 2.48. The van der Waals surface area contributed by atoms with E-state index in [1.807, 2.05) is 0 Å². The number of hydrogen-bond donors (Lipinski definition) is 1. The van der Waals surface area contributed by atoms with E-state index in [-0.39, 0.29) is 11.9 Å². The predicted octanol–water partition coefficient (Wildman–Crippen LogP) is 1.84. The molecule has 0 fully saturated rings. The Balaban J connectivity index is 2.55. The summed E-state index contributed by atoms with van der Waals surface area (Å²) in [6.07, 6.45) is 0.302. The number of methoxy groups -OCH3 is 1. The van der Waals surface area contributed by atoms with Crippen molar-refractivity contribution in [3.63, 3.8) is 0 Å². The lowest BCUT2D eigenvalue weighted by molar-refractivity contribution is -0.117. The maximum atomic E-state index is 11.4. The monoisotopic (exact) mass is 251 g/mol. The number of esters is 1. The maximum absolute atomic E-state index is 11.4. The number of carbonyl (C=O) groups excluding carboxylic acids is 2. The van der Waals surface area contributed by atoms with Gasteiger partial charge < -0.3 is 14.8 Å². The van der Waals surface area contributed by atoms with Crippen LogP contribution in [-0.2, 0) is 14.3 Å². The topological polar surface area (TPSA) is 64.6 Å². The van der Waals surface area contributed by atoms with Gasteiger partial charge in [0.05, 0.1) is 25.2 Å². The van der Waals surface area contributed by atoms with E-state index in [0.29, 0.717) is 30.9 Å². The van der Waals surface area contributed by atoms with Crippen LogP contribution < -0.4 is 5.32 Å². The fourth-order valence-electron chi connectivity index (χ4n) is 1.32. The van der Waals surface area contributed by atoms with Gasteiger partial charge in [0.1, 0.15) is 0 Å². The van der Waals surface area contributed by atoms with E-state index < -0.39 is 0 Å². The van der Waals surface area contributed by atoms with E-state index >= 15 is 0 Å². The minimum Gasteiger partial charge on any atom is -0.462 e. The van der Waals surface area contributed by atoms with Crippen LogP contribution in [0.4, 0.5) is 5.69 Å². The van der Waals surface area contributed by atoms with Crippen molar-refractivity contribution in [1.29, 1.82) is 0 Å². The van der Waals surface area contributed by atoms with E-state index in [0.717, 1.165) is 0 Å². The van der Waals surface area contributed by atoms with Gasteiger partial charge in [-0.2, -0.15) is 0 Å². The lowest BCUT2D eigenvalue weighted by Crippen LogP contribution is -2.13. The molecule has 0 saturated carbocycles. The summed E-state index contributed by atoms with van der Waals surface area (Å²) in [6, 6.07) is 6.56. The van der Waals surface area contributed by atoms with Crippen molar-refractivity contribution in [3.05, 3.63) is 29.8 Å². The van der Waals surface area contributed by atoms with E-state index in [9.17, 15) is 9.59 Å². The van der Waals surface area contributed by atoms with E-state index in [1.54, 1.807) is 38.3 Å². The molecule has 0 aromatic heterocycles. The van der Waals surface area contributed by atoms with Gasteiger partial charge in [0.15, 0.2) is 0 Å². The van der Waals surface area contributed by atoms with Gasteiger partial charge in [-0.05, 0) is 31.2 Å². The lowest BCUT2D eigenvalue weighted by atomic mass is 10.2. The molecule has 0 radical (unpaired) electrons. The second kappa shape index (κ2) is 7.45. The number of carbonyl (C=O) groups is 2. The van der Waals surface area contributed by atoms with Gasteiger partial charge in [-0.1, -0.05) is 0 Å². The normalized spacial score (nSPS) is 9.89. The molecule has 1 rings (SSSR count). The molecule has 0 aliphatic heterocycles. The standard InChI is InChI=1S/C13H17NO4/c1-3-18-13(16)10-4-6-11(7-5-10)14-12(15)8-9-17-2/h4-7H,3,8-9H2,1-2H3,(H,14,15). The first-order chi connectivity index (χ1) is 8.67. The van der Waals surface area contributed by atoms with Gasteiger partial charge in [-0.3, -0.25) is 4.79 Å². The van der Waals surface area contributed by atoms with Gasteiger partial charge in [0.25, 0.3) is 0 Å². The number of rotatable bonds is 6. The molecule has 5 heteroatoms. The van der Waals surface area contributed by atoms with Crippen molar-refractivity contribution in [3.8, 4) is 0 Å². The second-order valence-corrected chi connectivity index (χ2v) is 3.59. The minimum absolute atomic E-state index is 0.124. The zero-order valence-electron chi connectivity index (χ0n) is 10.6. The predicted molar refractivity (Wildman–Crippen MR) is 67.5 cm³/mol. The van der Waals surface area contributed by atoms with Gasteiger partial charge in [0, 0.05) is 12.8 Å². The van der Waals surface area contributed by atoms with Gasteiger partial charge >= 0.3 is 5.97 Å². The number of amides is 1. The molecule has 0 aliphatic rings. The number of benzene rings is 1. The minimum atomic E-state index is -0.366. The van der Waals surface area contributed by atoms with Gasteiger partial charge in [-0.25, -0.2) is 4.79 Å².